The molecular weight excluding hydrogens is 556 g/mol. The Balaban J connectivity index is 0.000000266. The molecule has 1 amide bonds. The molecule has 2 aliphatic rings. The third kappa shape index (κ3) is 7.54. The molecule has 0 saturated heterocycles. The van der Waals surface area contributed by atoms with E-state index in [0.717, 1.165) is 65.8 Å². The Hall–Kier alpha value is -4.45. The van der Waals surface area contributed by atoms with Crippen LogP contribution >= 0.6 is 0 Å². The normalized spacial score (nSPS) is 17.9. The lowest BCUT2D eigenvalue weighted by molar-refractivity contribution is -0.109. The van der Waals surface area contributed by atoms with Crippen LogP contribution in [0.4, 0.5) is 17.3 Å². The molecular formula is C32H42N10O2. The third-order valence-corrected chi connectivity index (χ3v) is 7.91. The maximum atomic E-state index is 12.0. The molecule has 2 N–H and O–H groups in total. The van der Waals surface area contributed by atoms with Crippen LogP contribution in [0.25, 0.3) is 5.65 Å². The molecule has 4 aromatic rings. The Morgan fingerprint density at radius 1 is 1.05 bits per heavy atom. The van der Waals surface area contributed by atoms with Gasteiger partial charge in [0.2, 0.25) is 6.41 Å². The number of likely N-dealkylation sites (N-methyl/N-ethyl adjacent to an activating group) is 1. The van der Waals surface area contributed by atoms with Gasteiger partial charge in [-0.15, -0.1) is 0 Å². The second kappa shape index (κ2) is 13.5. The highest BCUT2D eigenvalue weighted by Gasteiger charge is 2.40. The maximum absolute atomic E-state index is 12.0. The van der Waals surface area contributed by atoms with Crippen LogP contribution < -0.4 is 15.5 Å². The van der Waals surface area contributed by atoms with E-state index >= 15 is 0 Å². The first-order valence-corrected chi connectivity index (χ1v) is 15.1. The van der Waals surface area contributed by atoms with E-state index in [9.17, 15) is 9.59 Å². The van der Waals surface area contributed by atoms with E-state index in [1.807, 2.05) is 53.3 Å². The van der Waals surface area contributed by atoms with Gasteiger partial charge >= 0.3 is 0 Å². The molecule has 0 bridgehead atoms. The zero-order valence-electron chi connectivity index (χ0n) is 26.4. The summed E-state index contributed by atoms with van der Waals surface area (Å²) in [6.45, 7) is 7.26. The fourth-order valence-electron chi connectivity index (χ4n) is 5.09. The van der Waals surface area contributed by atoms with E-state index in [-0.39, 0.29) is 12.0 Å². The average Bonchev–Trinajstić information content (AvgIpc) is 3.93. The quantitative estimate of drug-likeness (QED) is 0.229. The number of rotatable bonds is 12. The molecule has 0 aromatic carbocycles. The number of carbonyl (C=O) groups excluding carboxylic acids is 2. The first kappa shape index (κ1) is 31.0. The van der Waals surface area contributed by atoms with Crippen molar-refractivity contribution < 1.29 is 9.59 Å². The number of aromatic nitrogens is 6. The van der Waals surface area contributed by atoms with Gasteiger partial charge in [-0.05, 0) is 77.7 Å². The molecule has 4 heterocycles. The molecule has 4 aromatic heterocycles. The lowest BCUT2D eigenvalue weighted by Gasteiger charge is -2.21. The number of amides is 1. The van der Waals surface area contributed by atoms with E-state index in [1.54, 1.807) is 11.1 Å². The SMILES string of the molecule is CNc1cc(NC(C)c2cn3cc(C4CC4)cc(N(C=O)CCN(C)C)c3n2)nc(C)n1.Cc1ccnc([C@H]2CC2C=O)n1. The van der Waals surface area contributed by atoms with Crippen LogP contribution in [0.3, 0.4) is 0 Å². The van der Waals surface area contributed by atoms with Crippen LogP contribution in [0.2, 0.25) is 0 Å². The molecule has 2 aliphatic carbocycles. The number of imidazole rings is 1. The number of hydrogen-bond acceptors (Lipinski definition) is 10. The minimum Gasteiger partial charge on any atom is -0.373 e. The molecule has 0 spiro atoms. The van der Waals surface area contributed by atoms with Crippen LogP contribution in [0.5, 0.6) is 0 Å². The third-order valence-electron chi connectivity index (χ3n) is 7.91. The minimum atomic E-state index is -0.0717. The molecule has 232 valence electrons. The maximum Gasteiger partial charge on any atom is 0.214 e. The topological polar surface area (TPSA) is 134 Å². The standard InChI is InChI=1S/C23H32N8O.C9H10N2O/c1-15(25-22-11-21(24-3)26-16(2)27-22)19-13-31-12-18(17-6-7-17)10-20(23(31)28-19)30(14-32)9-8-29(4)5;1-6-2-3-10-9(11-6)8-4-7(8)5-12/h10-15,17H,6-9H2,1-5H3,(H2,24,25,26,27);2-3,5,7-8H,4H2,1H3/t;7?,8-/m.0/s1. The number of carbonyl (C=O) groups is 2. The Morgan fingerprint density at radius 2 is 1.82 bits per heavy atom. The second-order valence-electron chi connectivity index (χ2n) is 11.9. The summed E-state index contributed by atoms with van der Waals surface area (Å²) >= 11 is 0. The minimum absolute atomic E-state index is 0.0717. The molecule has 3 atom stereocenters. The van der Waals surface area contributed by atoms with Gasteiger partial charge in [0.05, 0.1) is 17.4 Å². The number of anilines is 3. The van der Waals surface area contributed by atoms with Crippen LogP contribution in [0, 0.1) is 19.8 Å². The predicted octanol–water partition coefficient (Wildman–Crippen LogP) is 4.14. The summed E-state index contributed by atoms with van der Waals surface area (Å²) in [7, 11) is 5.86. The summed E-state index contributed by atoms with van der Waals surface area (Å²) in [5.74, 6) is 4.07. The van der Waals surface area contributed by atoms with Gasteiger partial charge < -0.3 is 29.6 Å². The number of hydrogen-bond donors (Lipinski definition) is 2. The zero-order valence-corrected chi connectivity index (χ0v) is 26.4. The fourth-order valence-corrected chi connectivity index (χ4v) is 5.09. The summed E-state index contributed by atoms with van der Waals surface area (Å²) < 4.78 is 2.06. The van der Waals surface area contributed by atoms with Crippen molar-refractivity contribution in [2.45, 2.75) is 57.9 Å². The van der Waals surface area contributed by atoms with Gasteiger partial charge in [-0.1, -0.05) is 0 Å². The number of aryl methyl sites for hydroxylation is 2. The Morgan fingerprint density at radius 3 is 2.45 bits per heavy atom. The number of aldehydes is 1. The molecule has 0 radical (unpaired) electrons. The highest BCUT2D eigenvalue weighted by molar-refractivity contribution is 5.84. The van der Waals surface area contributed by atoms with Crippen molar-refractivity contribution in [3.63, 3.8) is 0 Å². The summed E-state index contributed by atoms with van der Waals surface area (Å²) in [6.07, 6.45) is 11.2. The molecule has 44 heavy (non-hydrogen) atoms. The molecule has 0 aliphatic heterocycles. The van der Waals surface area contributed by atoms with Crippen molar-refractivity contribution >= 4 is 35.7 Å². The monoisotopic (exact) mass is 598 g/mol. The number of nitrogens with one attached hydrogen (secondary N) is 2. The molecule has 2 fully saturated rings. The first-order valence-electron chi connectivity index (χ1n) is 15.1. The Kier molecular flexibility index (Phi) is 9.48. The van der Waals surface area contributed by atoms with Crippen molar-refractivity contribution in [1.82, 2.24) is 34.2 Å². The van der Waals surface area contributed by atoms with Gasteiger partial charge in [0, 0.05) is 62.3 Å². The smallest absolute Gasteiger partial charge is 0.214 e. The van der Waals surface area contributed by atoms with Gasteiger partial charge in [0.25, 0.3) is 0 Å². The van der Waals surface area contributed by atoms with Crippen molar-refractivity contribution in [3.05, 3.63) is 65.4 Å². The van der Waals surface area contributed by atoms with Crippen LogP contribution in [0.1, 0.15) is 72.7 Å². The number of nitrogens with zero attached hydrogens (tertiary/aromatic N) is 8. The van der Waals surface area contributed by atoms with Crippen LogP contribution in [-0.4, -0.2) is 81.1 Å². The largest absolute Gasteiger partial charge is 0.373 e. The zero-order chi connectivity index (χ0) is 31.4. The van der Waals surface area contributed by atoms with E-state index in [2.05, 4.69) is 59.1 Å². The molecule has 6 rings (SSSR count). The summed E-state index contributed by atoms with van der Waals surface area (Å²) in [5, 5.41) is 6.49. The summed E-state index contributed by atoms with van der Waals surface area (Å²) in [5.41, 5.74) is 4.77. The molecule has 12 nitrogen and oxygen atoms in total. The summed E-state index contributed by atoms with van der Waals surface area (Å²) in [4.78, 5) is 48.3. The van der Waals surface area contributed by atoms with E-state index in [4.69, 9.17) is 4.98 Å². The van der Waals surface area contributed by atoms with Gasteiger partial charge in [-0.3, -0.25) is 4.79 Å². The number of fused-ring (bicyclic) bond motifs is 1. The van der Waals surface area contributed by atoms with Crippen molar-refractivity contribution in [2.24, 2.45) is 5.92 Å². The van der Waals surface area contributed by atoms with E-state index in [0.29, 0.717) is 24.2 Å². The van der Waals surface area contributed by atoms with Gasteiger partial charge in [-0.25, -0.2) is 24.9 Å². The Labute approximate surface area is 258 Å². The predicted molar refractivity (Wildman–Crippen MR) is 171 cm³/mol. The first-order chi connectivity index (χ1) is 21.2. The molecule has 2 unspecified atom stereocenters. The summed E-state index contributed by atoms with van der Waals surface area (Å²) in [6, 6.07) is 5.81. The van der Waals surface area contributed by atoms with E-state index in [1.165, 1.54) is 18.4 Å². The molecule has 12 heteroatoms. The van der Waals surface area contributed by atoms with Crippen molar-refractivity contribution in [1.29, 1.82) is 0 Å². The van der Waals surface area contributed by atoms with Gasteiger partial charge in [-0.2, -0.15) is 0 Å². The van der Waals surface area contributed by atoms with Crippen molar-refractivity contribution in [3.8, 4) is 0 Å². The van der Waals surface area contributed by atoms with Gasteiger partial charge in [0.15, 0.2) is 5.65 Å². The highest BCUT2D eigenvalue weighted by Crippen LogP contribution is 2.44. The highest BCUT2D eigenvalue weighted by atomic mass is 16.1. The lowest BCUT2D eigenvalue weighted by atomic mass is 10.1. The Bertz CT molecular complexity index is 1620. The van der Waals surface area contributed by atoms with Gasteiger partial charge in [0.1, 0.15) is 29.6 Å². The second-order valence-corrected chi connectivity index (χ2v) is 11.9. The van der Waals surface area contributed by atoms with Crippen molar-refractivity contribution in [2.75, 3.05) is 49.8 Å². The fraction of sp³-hybridized carbons (Fsp3) is 0.469. The van der Waals surface area contributed by atoms with Crippen LogP contribution in [-0.2, 0) is 9.59 Å². The number of pyridine rings is 1. The lowest BCUT2D eigenvalue weighted by Crippen LogP contribution is -2.31. The van der Waals surface area contributed by atoms with E-state index < -0.39 is 0 Å². The molecule has 2 saturated carbocycles. The van der Waals surface area contributed by atoms with Crippen LogP contribution in [0.15, 0.2) is 36.8 Å². The average molecular weight is 599 g/mol.